The topological polar surface area (TPSA) is 66.8 Å². The Morgan fingerprint density at radius 1 is 0.906 bits per heavy atom. The second-order valence-electron chi connectivity index (χ2n) is 8.05. The van der Waals surface area contributed by atoms with Crippen molar-refractivity contribution in [2.24, 2.45) is 0 Å². The third-order valence-electron chi connectivity index (χ3n) is 5.46. The average Bonchev–Trinajstić information content (AvgIpc) is 3.05. The molecule has 32 heavy (non-hydrogen) atoms. The number of aliphatic hydroxyl groups excluding tert-OH is 1. The van der Waals surface area contributed by atoms with Crippen LogP contribution in [-0.2, 0) is 9.59 Å². The molecule has 1 saturated heterocycles. The van der Waals surface area contributed by atoms with Gasteiger partial charge in [0.15, 0.2) is 0 Å². The van der Waals surface area contributed by atoms with E-state index < -0.39 is 17.7 Å². The first-order chi connectivity index (χ1) is 15.4. The first-order valence-electron chi connectivity index (χ1n) is 10.6. The molecule has 5 heteroatoms. The van der Waals surface area contributed by atoms with Crippen molar-refractivity contribution in [3.05, 3.63) is 101 Å². The van der Waals surface area contributed by atoms with E-state index in [9.17, 15) is 14.7 Å². The quantitative estimate of drug-likeness (QED) is 0.336. The number of amides is 1. The van der Waals surface area contributed by atoms with E-state index in [0.717, 1.165) is 11.1 Å². The van der Waals surface area contributed by atoms with E-state index in [-0.39, 0.29) is 17.4 Å². The molecular weight excluding hydrogens is 402 g/mol. The minimum absolute atomic E-state index is 0.0201. The number of anilines is 1. The van der Waals surface area contributed by atoms with Gasteiger partial charge in [-0.25, -0.2) is 0 Å². The molecule has 1 heterocycles. The SMILES string of the molecule is Cc1ccccc1C1/C(=C(/O)c2ccc(OC(C)C)cc2)C(=O)C(=O)N1c1ccccc1. The van der Waals surface area contributed by atoms with Crippen LogP contribution in [0, 0.1) is 6.92 Å². The summed E-state index contributed by atoms with van der Waals surface area (Å²) in [6.45, 7) is 5.79. The Morgan fingerprint density at radius 2 is 1.53 bits per heavy atom. The van der Waals surface area contributed by atoms with Crippen molar-refractivity contribution in [3.63, 3.8) is 0 Å². The molecule has 4 rings (SSSR count). The first kappa shape index (κ1) is 21.4. The van der Waals surface area contributed by atoms with Crippen LogP contribution in [0.5, 0.6) is 5.75 Å². The highest BCUT2D eigenvalue weighted by Crippen LogP contribution is 2.43. The molecule has 0 spiro atoms. The van der Waals surface area contributed by atoms with Gasteiger partial charge < -0.3 is 9.84 Å². The van der Waals surface area contributed by atoms with E-state index in [1.165, 1.54) is 4.90 Å². The molecule has 1 amide bonds. The largest absolute Gasteiger partial charge is 0.507 e. The van der Waals surface area contributed by atoms with Gasteiger partial charge in [0.25, 0.3) is 11.7 Å². The lowest BCUT2D eigenvalue weighted by Crippen LogP contribution is -2.29. The van der Waals surface area contributed by atoms with E-state index in [1.54, 1.807) is 36.4 Å². The van der Waals surface area contributed by atoms with Crippen molar-refractivity contribution in [2.45, 2.75) is 32.9 Å². The van der Waals surface area contributed by atoms with Gasteiger partial charge in [0.2, 0.25) is 0 Å². The number of nitrogens with zero attached hydrogens (tertiary/aromatic N) is 1. The van der Waals surface area contributed by atoms with Crippen molar-refractivity contribution in [1.29, 1.82) is 0 Å². The maximum atomic E-state index is 13.2. The third-order valence-corrected chi connectivity index (χ3v) is 5.46. The number of aryl methyl sites for hydroxylation is 1. The molecule has 5 nitrogen and oxygen atoms in total. The Morgan fingerprint density at radius 3 is 2.16 bits per heavy atom. The standard InChI is InChI=1S/C27H25NO4/c1-17(2)32-21-15-13-19(14-16-21)25(29)23-24(22-12-8-7-9-18(22)3)28(27(31)26(23)30)20-10-5-4-6-11-20/h4-17,24,29H,1-3H3/b25-23-. The van der Waals surface area contributed by atoms with E-state index in [4.69, 9.17) is 4.74 Å². The summed E-state index contributed by atoms with van der Waals surface area (Å²) in [6, 6.07) is 22.8. The highest BCUT2D eigenvalue weighted by Gasteiger charge is 2.47. The Balaban J connectivity index is 1.88. The number of ether oxygens (including phenoxy) is 1. The minimum Gasteiger partial charge on any atom is -0.507 e. The number of para-hydroxylation sites is 1. The maximum absolute atomic E-state index is 13.2. The van der Waals surface area contributed by atoms with Gasteiger partial charge in [0.1, 0.15) is 11.5 Å². The molecule has 3 aromatic rings. The highest BCUT2D eigenvalue weighted by atomic mass is 16.5. The van der Waals surface area contributed by atoms with Gasteiger partial charge in [-0.15, -0.1) is 0 Å². The summed E-state index contributed by atoms with van der Waals surface area (Å²) in [7, 11) is 0. The number of hydrogen-bond acceptors (Lipinski definition) is 4. The lowest BCUT2D eigenvalue weighted by Gasteiger charge is -2.26. The molecule has 1 N–H and O–H groups in total. The molecule has 1 aliphatic heterocycles. The highest BCUT2D eigenvalue weighted by molar-refractivity contribution is 6.51. The summed E-state index contributed by atoms with van der Waals surface area (Å²) in [4.78, 5) is 27.8. The molecule has 1 fully saturated rings. The number of Topliss-reactive ketones (excluding diaryl/α,β-unsaturated/α-hetero) is 1. The van der Waals surface area contributed by atoms with E-state index in [0.29, 0.717) is 17.0 Å². The Kier molecular flexibility index (Phi) is 5.82. The Hall–Kier alpha value is -3.86. The normalized spacial score (nSPS) is 17.8. The molecule has 162 valence electrons. The Bertz CT molecular complexity index is 1180. The van der Waals surface area contributed by atoms with Crippen LogP contribution < -0.4 is 9.64 Å². The van der Waals surface area contributed by atoms with Crippen LogP contribution in [0.3, 0.4) is 0 Å². The summed E-state index contributed by atoms with van der Waals surface area (Å²) in [5.74, 6) is -0.907. The number of carbonyl (C=O) groups is 2. The maximum Gasteiger partial charge on any atom is 0.300 e. The van der Waals surface area contributed by atoms with Gasteiger partial charge in [0.05, 0.1) is 17.7 Å². The summed E-state index contributed by atoms with van der Waals surface area (Å²) in [5, 5.41) is 11.2. The van der Waals surface area contributed by atoms with E-state index in [1.807, 2.05) is 63.2 Å². The van der Waals surface area contributed by atoms with Gasteiger partial charge >= 0.3 is 0 Å². The van der Waals surface area contributed by atoms with Crippen LogP contribution in [0.25, 0.3) is 5.76 Å². The summed E-state index contributed by atoms with van der Waals surface area (Å²) in [5.41, 5.74) is 2.84. The molecular formula is C27H25NO4. The fourth-order valence-electron chi connectivity index (χ4n) is 3.99. The van der Waals surface area contributed by atoms with Crippen LogP contribution in [0.15, 0.2) is 84.4 Å². The summed E-state index contributed by atoms with van der Waals surface area (Å²) < 4.78 is 5.67. The number of rotatable bonds is 5. The van der Waals surface area contributed by atoms with Crippen LogP contribution in [-0.4, -0.2) is 22.9 Å². The fourth-order valence-corrected chi connectivity index (χ4v) is 3.99. The monoisotopic (exact) mass is 427 g/mol. The molecule has 0 aromatic heterocycles. The lowest BCUT2D eigenvalue weighted by molar-refractivity contribution is -0.132. The first-order valence-corrected chi connectivity index (χ1v) is 10.6. The average molecular weight is 428 g/mol. The molecule has 0 bridgehead atoms. The van der Waals surface area contributed by atoms with Crippen molar-refractivity contribution >= 4 is 23.1 Å². The number of benzene rings is 3. The molecule has 3 aromatic carbocycles. The molecule has 0 aliphatic carbocycles. The van der Waals surface area contributed by atoms with Gasteiger partial charge in [-0.2, -0.15) is 0 Å². The van der Waals surface area contributed by atoms with Crippen LogP contribution in [0.2, 0.25) is 0 Å². The molecule has 0 radical (unpaired) electrons. The summed E-state index contributed by atoms with van der Waals surface area (Å²) >= 11 is 0. The zero-order chi connectivity index (χ0) is 22.8. The molecule has 1 atom stereocenters. The van der Waals surface area contributed by atoms with Crippen LogP contribution in [0.1, 0.15) is 36.6 Å². The zero-order valence-electron chi connectivity index (χ0n) is 18.3. The van der Waals surface area contributed by atoms with E-state index >= 15 is 0 Å². The predicted molar refractivity (Wildman–Crippen MR) is 125 cm³/mol. The predicted octanol–water partition coefficient (Wildman–Crippen LogP) is 5.41. The van der Waals surface area contributed by atoms with Gasteiger partial charge in [-0.3, -0.25) is 14.5 Å². The zero-order valence-corrected chi connectivity index (χ0v) is 18.3. The van der Waals surface area contributed by atoms with Crippen LogP contribution >= 0.6 is 0 Å². The number of carbonyl (C=O) groups excluding carboxylic acids is 2. The Labute approximate surface area is 187 Å². The molecule has 1 unspecified atom stereocenters. The van der Waals surface area contributed by atoms with E-state index in [2.05, 4.69) is 0 Å². The smallest absolute Gasteiger partial charge is 0.300 e. The second-order valence-corrected chi connectivity index (χ2v) is 8.05. The van der Waals surface area contributed by atoms with Crippen molar-refractivity contribution in [3.8, 4) is 5.75 Å². The van der Waals surface area contributed by atoms with Gasteiger partial charge in [-0.1, -0.05) is 42.5 Å². The van der Waals surface area contributed by atoms with Crippen LogP contribution in [0.4, 0.5) is 5.69 Å². The molecule has 1 aliphatic rings. The summed E-state index contributed by atoms with van der Waals surface area (Å²) in [6.07, 6.45) is 0.0201. The number of aliphatic hydroxyl groups is 1. The second kappa shape index (κ2) is 8.71. The third kappa shape index (κ3) is 3.89. The van der Waals surface area contributed by atoms with Crippen molar-refractivity contribution in [1.82, 2.24) is 0 Å². The van der Waals surface area contributed by atoms with Gasteiger partial charge in [0, 0.05) is 11.3 Å². The number of ketones is 1. The fraction of sp³-hybridized carbons (Fsp3) is 0.185. The molecule has 0 saturated carbocycles. The lowest BCUT2D eigenvalue weighted by atomic mass is 9.92. The minimum atomic E-state index is -0.731. The van der Waals surface area contributed by atoms with Crippen molar-refractivity contribution < 1.29 is 19.4 Å². The van der Waals surface area contributed by atoms with Gasteiger partial charge in [-0.05, 0) is 68.3 Å². The van der Waals surface area contributed by atoms with Crippen molar-refractivity contribution in [2.75, 3.05) is 4.90 Å². The number of hydrogen-bond donors (Lipinski definition) is 1.